The molecule has 0 radical (unpaired) electrons. The smallest absolute Gasteiger partial charge is 0.147 e. The Morgan fingerprint density at radius 3 is 1.85 bits per heavy atom. The van der Waals surface area contributed by atoms with Crippen molar-refractivity contribution in [3.63, 3.8) is 0 Å². The highest BCUT2D eigenvalue weighted by Gasteiger charge is 2.22. The molecule has 0 amide bonds. The molecule has 9 aromatic rings. The maximum atomic E-state index is 5.14. The third kappa shape index (κ3) is 2.81. The van der Waals surface area contributed by atoms with Crippen LogP contribution in [0.1, 0.15) is 0 Å². The third-order valence-electron chi connectivity index (χ3n) is 8.32. The summed E-state index contributed by atoms with van der Waals surface area (Å²) < 4.78 is 4.77. The normalized spacial score (nSPS) is 12.0. The number of hydrogen-bond donors (Lipinski definition) is 0. The number of benzene rings is 6. The van der Waals surface area contributed by atoms with Gasteiger partial charge >= 0.3 is 0 Å². The highest BCUT2D eigenvalue weighted by molar-refractivity contribution is 6.26. The van der Waals surface area contributed by atoms with Crippen LogP contribution in [0, 0.1) is 0 Å². The van der Waals surface area contributed by atoms with Crippen molar-refractivity contribution in [3.05, 3.63) is 140 Å². The lowest BCUT2D eigenvalue weighted by atomic mass is 10.00. The van der Waals surface area contributed by atoms with Gasteiger partial charge in [-0.25, -0.2) is 4.98 Å². The summed E-state index contributed by atoms with van der Waals surface area (Å²) in [5.74, 6) is 0. The van der Waals surface area contributed by atoms with E-state index in [1.165, 1.54) is 54.4 Å². The van der Waals surface area contributed by atoms with E-state index in [0.717, 1.165) is 22.2 Å². The molecule has 186 valence electrons. The van der Waals surface area contributed by atoms with Crippen molar-refractivity contribution in [2.45, 2.75) is 0 Å². The van der Waals surface area contributed by atoms with E-state index in [4.69, 9.17) is 4.98 Å². The van der Waals surface area contributed by atoms with Gasteiger partial charge in [0.25, 0.3) is 0 Å². The molecule has 0 aliphatic heterocycles. The van der Waals surface area contributed by atoms with E-state index in [-0.39, 0.29) is 0 Å². The van der Waals surface area contributed by atoms with Crippen molar-refractivity contribution < 1.29 is 0 Å². The Bertz CT molecular complexity index is 2430. The van der Waals surface area contributed by atoms with Crippen molar-refractivity contribution in [1.82, 2.24) is 14.1 Å². The molecule has 0 spiro atoms. The van der Waals surface area contributed by atoms with Gasteiger partial charge in [-0.1, -0.05) is 103 Å². The Balaban J connectivity index is 1.56. The summed E-state index contributed by atoms with van der Waals surface area (Å²) in [4.78, 5) is 5.14. The van der Waals surface area contributed by atoms with Crippen LogP contribution in [-0.4, -0.2) is 14.1 Å². The monoisotopic (exact) mass is 509 g/mol. The molecule has 9 rings (SSSR count). The molecule has 3 aromatic heterocycles. The molecule has 0 saturated carbocycles. The van der Waals surface area contributed by atoms with Gasteiger partial charge in [0.05, 0.1) is 27.6 Å². The number of aromatic nitrogens is 3. The summed E-state index contributed by atoms with van der Waals surface area (Å²) in [6, 6.07) is 47.8. The van der Waals surface area contributed by atoms with Crippen LogP contribution in [0.3, 0.4) is 0 Å². The molecule has 40 heavy (non-hydrogen) atoms. The maximum Gasteiger partial charge on any atom is 0.147 e. The number of para-hydroxylation sites is 3. The van der Waals surface area contributed by atoms with Gasteiger partial charge in [0, 0.05) is 33.4 Å². The summed E-state index contributed by atoms with van der Waals surface area (Å²) in [7, 11) is 0. The van der Waals surface area contributed by atoms with Crippen LogP contribution in [0.5, 0.6) is 0 Å². The molecule has 0 fully saturated rings. The first kappa shape index (κ1) is 21.5. The Morgan fingerprint density at radius 2 is 1.05 bits per heavy atom. The van der Waals surface area contributed by atoms with Crippen LogP contribution >= 0.6 is 0 Å². The SMILES string of the molecule is c1ccc(-n2c3ccccc3c3c2ncc2c4ccccc4n(-c4cc5ccccc5c5ccccc45)c23)cc1. The standard InChI is InChI=1S/C37H23N3/c1-2-13-25(14-3-1)39-33-21-11-9-19-30(33)35-36-31(23-38-37(35)39)29-18-8-10-20-32(29)40(36)34-22-24-12-4-5-15-26(24)27-16-6-7-17-28(27)34/h1-23H. The zero-order valence-corrected chi connectivity index (χ0v) is 21.6. The lowest BCUT2D eigenvalue weighted by molar-refractivity contribution is 1.14. The fourth-order valence-corrected chi connectivity index (χ4v) is 6.66. The first-order chi connectivity index (χ1) is 19.9. The average Bonchev–Trinajstić information content (AvgIpc) is 3.54. The van der Waals surface area contributed by atoms with E-state index in [1.54, 1.807) is 0 Å². The van der Waals surface area contributed by atoms with E-state index in [9.17, 15) is 0 Å². The number of nitrogens with zero attached hydrogens (tertiary/aromatic N) is 3. The van der Waals surface area contributed by atoms with E-state index >= 15 is 0 Å². The number of hydrogen-bond acceptors (Lipinski definition) is 1. The summed E-state index contributed by atoms with van der Waals surface area (Å²) in [6.07, 6.45) is 2.07. The minimum absolute atomic E-state index is 0.967. The number of pyridine rings is 1. The second-order valence-electron chi connectivity index (χ2n) is 10.4. The lowest BCUT2D eigenvalue weighted by Crippen LogP contribution is -1.98. The second-order valence-corrected chi connectivity index (χ2v) is 10.4. The zero-order chi connectivity index (χ0) is 26.2. The molecule has 3 heteroatoms. The molecule has 3 nitrogen and oxygen atoms in total. The van der Waals surface area contributed by atoms with Crippen molar-refractivity contribution >= 4 is 65.3 Å². The quantitative estimate of drug-likeness (QED) is 0.213. The molecule has 3 heterocycles. The minimum atomic E-state index is 0.967. The minimum Gasteiger partial charge on any atom is -0.308 e. The first-order valence-electron chi connectivity index (χ1n) is 13.7. The van der Waals surface area contributed by atoms with Crippen LogP contribution in [0.25, 0.3) is 76.7 Å². The largest absolute Gasteiger partial charge is 0.308 e. The third-order valence-corrected chi connectivity index (χ3v) is 8.32. The van der Waals surface area contributed by atoms with E-state index in [0.29, 0.717) is 0 Å². The van der Waals surface area contributed by atoms with E-state index < -0.39 is 0 Å². The summed E-state index contributed by atoms with van der Waals surface area (Å²) in [5, 5.41) is 9.75. The van der Waals surface area contributed by atoms with Gasteiger partial charge in [-0.05, 0) is 46.5 Å². The van der Waals surface area contributed by atoms with Gasteiger partial charge in [-0.2, -0.15) is 0 Å². The Morgan fingerprint density at radius 1 is 0.450 bits per heavy atom. The summed E-state index contributed by atoms with van der Waals surface area (Å²) in [5.41, 5.74) is 6.79. The van der Waals surface area contributed by atoms with Crippen LogP contribution in [-0.2, 0) is 0 Å². The van der Waals surface area contributed by atoms with Crippen LogP contribution in [0.4, 0.5) is 0 Å². The van der Waals surface area contributed by atoms with E-state index in [2.05, 4.69) is 149 Å². The average molecular weight is 510 g/mol. The number of rotatable bonds is 2. The summed E-state index contributed by atoms with van der Waals surface area (Å²) >= 11 is 0. The molecule has 0 N–H and O–H groups in total. The maximum absolute atomic E-state index is 5.14. The molecule has 0 aliphatic carbocycles. The van der Waals surface area contributed by atoms with Gasteiger partial charge in [0.1, 0.15) is 5.65 Å². The van der Waals surface area contributed by atoms with Gasteiger partial charge in [0.15, 0.2) is 0 Å². The predicted octanol–water partition coefficient (Wildman–Crippen LogP) is 9.58. The molecule has 0 aliphatic rings. The highest BCUT2D eigenvalue weighted by atomic mass is 15.1. The van der Waals surface area contributed by atoms with Gasteiger partial charge < -0.3 is 4.57 Å². The van der Waals surface area contributed by atoms with Gasteiger partial charge in [-0.15, -0.1) is 0 Å². The van der Waals surface area contributed by atoms with Gasteiger partial charge in [0.2, 0.25) is 0 Å². The van der Waals surface area contributed by atoms with Gasteiger partial charge in [-0.3, -0.25) is 4.57 Å². The van der Waals surface area contributed by atoms with E-state index in [1.807, 2.05) is 0 Å². The highest BCUT2D eigenvalue weighted by Crippen LogP contribution is 2.42. The van der Waals surface area contributed by atoms with Crippen LogP contribution in [0.2, 0.25) is 0 Å². The fraction of sp³-hybridized carbons (Fsp3) is 0. The van der Waals surface area contributed by atoms with Crippen molar-refractivity contribution in [3.8, 4) is 11.4 Å². The van der Waals surface area contributed by atoms with Crippen LogP contribution < -0.4 is 0 Å². The van der Waals surface area contributed by atoms with Crippen LogP contribution in [0.15, 0.2) is 140 Å². The van der Waals surface area contributed by atoms with Crippen molar-refractivity contribution in [2.24, 2.45) is 0 Å². The second kappa shape index (κ2) is 8.05. The molecular weight excluding hydrogens is 486 g/mol. The molecule has 0 saturated heterocycles. The molecule has 0 bridgehead atoms. The Labute approximate surface area is 230 Å². The predicted molar refractivity (Wildman–Crippen MR) is 168 cm³/mol. The zero-order valence-electron chi connectivity index (χ0n) is 21.6. The molecule has 0 unspecified atom stereocenters. The molecule has 0 atom stereocenters. The molecular formula is C37H23N3. The topological polar surface area (TPSA) is 22.8 Å². The van der Waals surface area contributed by atoms with Crippen molar-refractivity contribution in [1.29, 1.82) is 0 Å². The Kier molecular flexibility index (Phi) is 4.33. The fourth-order valence-electron chi connectivity index (χ4n) is 6.66. The lowest BCUT2D eigenvalue weighted by Gasteiger charge is -2.15. The van der Waals surface area contributed by atoms with Crippen molar-refractivity contribution in [2.75, 3.05) is 0 Å². The first-order valence-corrected chi connectivity index (χ1v) is 13.7. The number of fused-ring (bicyclic) bond motifs is 10. The summed E-state index contributed by atoms with van der Waals surface area (Å²) in [6.45, 7) is 0. The molecule has 6 aromatic carbocycles. The Hall–Kier alpha value is -5.41.